The lowest BCUT2D eigenvalue weighted by molar-refractivity contribution is 0.182. The Morgan fingerprint density at radius 3 is 2.70 bits per heavy atom. The SMILES string of the molecule is CCc1cccc2cccc(N3CCc4c(nc(OCC5(CN(C)C)CC5)nc4N4CCCC(c5n[nH]c(=O)o5)C4)C3)c12. The summed E-state index contributed by atoms with van der Waals surface area (Å²) in [4.78, 5) is 28.8. The van der Waals surface area contributed by atoms with Gasteiger partial charge in [-0.2, -0.15) is 9.97 Å². The molecule has 1 saturated heterocycles. The van der Waals surface area contributed by atoms with Crippen molar-refractivity contribution < 1.29 is 9.15 Å². The molecule has 1 aliphatic carbocycles. The molecular formula is C33H41N7O3. The first kappa shape index (κ1) is 27.9. The number of aryl methyl sites for hydroxylation is 1. The summed E-state index contributed by atoms with van der Waals surface area (Å²) in [5.74, 6) is 0.948. The van der Waals surface area contributed by atoms with E-state index in [1.807, 2.05) is 0 Å². The van der Waals surface area contributed by atoms with E-state index in [4.69, 9.17) is 19.1 Å². The van der Waals surface area contributed by atoms with Crippen LogP contribution in [0.4, 0.5) is 11.5 Å². The Hall–Kier alpha value is -3.92. The molecule has 1 N–H and O–H groups in total. The molecule has 7 rings (SSSR count). The van der Waals surface area contributed by atoms with Gasteiger partial charge in [-0.15, -0.1) is 5.10 Å². The number of nitrogens with zero attached hydrogens (tertiary/aromatic N) is 6. The smallest absolute Gasteiger partial charge is 0.434 e. The third kappa shape index (κ3) is 5.60. The molecule has 0 bridgehead atoms. The Kier molecular flexibility index (Phi) is 7.33. The maximum Gasteiger partial charge on any atom is 0.434 e. The topological polar surface area (TPSA) is 104 Å². The molecule has 1 saturated carbocycles. The Labute approximate surface area is 252 Å². The maximum absolute atomic E-state index is 11.7. The second kappa shape index (κ2) is 11.3. The fourth-order valence-electron chi connectivity index (χ4n) is 7.08. The number of ether oxygens (including phenoxy) is 1. The number of anilines is 2. The van der Waals surface area contributed by atoms with Crippen molar-refractivity contribution in [3.05, 3.63) is 69.7 Å². The summed E-state index contributed by atoms with van der Waals surface area (Å²) >= 11 is 0. The van der Waals surface area contributed by atoms with Crippen LogP contribution in [0, 0.1) is 5.41 Å². The van der Waals surface area contributed by atoms with Gasteiger partial charge in [-0.05, 0) is 69.6 Å². The van der Waals surface area contributed by atoms with Crippen molar-refractivity contribution in [2.24, 2.45) is 5.41 Å². The van der Waals surface area contributed by atoms with E-state index in [2.05, 4.69) is 82.3 Å². The van der Waals surface area contributed by atoms with E-state index >= 15 is 0 Å². The number of fused-ring (bicyclic) bond motifs is 2. The van der Waals surface area contributed by atoms with Crippen LogP contribution in [-0.2, 0) is 19.4 Å². The lowest BCUT2D eigenvalue weighted by Gasteiger charge is -2.37. The van der Waals surface area contributed by atoms with Gasteiger partial charge >= 0.3 is 11.8 Å². The zero-order chi connectivity index (χ0) is 29.6. The number of benzene rings is 2. The van der Waals surface area contributed by atoms with Crippen LogP contribution in [0.3, 0.4) is 0 Å². The van der Waals surface area contributed by atoms with Gasteiger partial charge in [-0.1, -0.05) is 37.3 Å². The first-order valence-electron chi connectivity index (χ1n) is 15.6. The second-order valence-electron chi connectivity index (χ2n) is 12.8. The van der Waals surface area contributed by atoms with Crippen molar-refractivity contribution in [3.8, 4) is 6.01 Å². The average molecular weight is 584 g/mol. The third-order valence-corrected chi connectivity index (χ3v) is 9.35. The predicted molar refractivity (Wildman–Crippen MR) is 167 cm³/mol. The van der Waals surface area contributed by atoms with Gasteiger partial charge in [-0.3, -0.25) is 0 Å². The van der Waals surface area contributed by atoms with Crippen LogP contribution in [-0.4, -0.2) is 71.9 Å². The quantitative estimate of drug-likeness (QED) is 0.304. The summed E-state index contributed by atoms with van der Waals surface area (Å²) < 4.78 is 11.8. The highest BCUT2D eigenvalue weighted by Gasteiger charge is 2.44. The van der Waals surface area contributed by atoms with E-state index in [0.717, 1.165) is 56.8 Å². The van der Waals surface area contributed by atoms with E-state index < -0.39 is 5.76 Å². The number of nitrogens with one attached hydrogen (secondary N) is 1. The Balaban J connectivity index is 1.23. The molecule has 2 fully saturated rings. The van der Waals surface area contributed by atoms with Crippen LogP contribution in [0.2, 0.25) is 0 Å². The molecule has 0 spiro atoms. The molecule has 2 aromatic heterocycles. The van der Waals surface area contributed by atoms with Gasteiger partial charge in [0, 0.05) is 48.2 Å². The highest BCUT2D eigenvalue weighted by molar-refractivity contribution is 5.97. The van der Waals surface area contributed by atoms with Crippen molar-refractivity contribution in [2.45, 2.75) is 57.9 Å². The van der Waals surface area contributed by atoms with Gasteiger partial charge in [0.25, 0.3) is 0 Å². The van der Waals surface area contributed by atoms with E-state index in [1.54, 1.807) is 0 Å². The number of aromatic nitrogens is 4. The summed E-state index contributed by atoms with van der Waals surface area (Å²) in [6.45, 7) is 7.01. The molecule has 1 unspecified atom stereocenters. The predicted octanol–water partition coefficient (Wildman–Crippen LogP) is 4.54. The van der Waals surface area contributed by atoms with E-state index in [-0.39, 0.29) is 11.3 Å². The lowest BCUT2D eigenvalue weighted by Crippen LogP contribution is -2.38. The summed E-state index contributed by atoms with van der Waals surface area (Å²) in [6, 6.07) is 13.7. The molecule has 2 aliphatic heterocycles. The van der Waals surface area contributed by atoms with Gasteiger partial charge < -0.3 is 23.9 Å². The minimum atomic E-state index is -0.506. The molecule has 10 nitrogen and oxygen atoms in total. The average Bonchev–Trinajstić information content (AvgIpc) is 3.64. The van der Waals surface area contributed by atoms with Crippen molar-refractivity contribution in [1.82, 2.24) is 25.1 Å². The number of rotatable bonds is 9. The van der Waals surface area contributed by atoms with Gasteiger partial charge in [0.2, 0.25) is 5.89 Å². The molecule has 43 heavy (non-hydrogen) atoms. The number of aromatic amines is 1. The maximum atomic E-state index is 11.7. The summed E-state index contributed by atoms with van der Waals surface area (Å²) in [5, 5.41) is 9.18. The minimum Gasteiger partial charge on any atom is -0.463 e. The summed E-state index contributed by atoms with van der Waals surface area (Å²) in [5.41, 5.74) is 5.03. The highest BCUT2D eigenvalue weighted by Crippen LogP contribution is 2.46. The van der Waals surface area contributed by atoms with E-state index in [1.165, 1.54) is 40.4 Å². The fraction of sp³-hybridized carbons (Fsp3) is 0.515. The summed E-state index contributed by atoms with van der Waals surface area (Å²) in [6.07, 6.45) is 6.05. The molecule has 1 atom stereocenters. The van der Waals surface area contributed by atoms with Crippen LogP contribution >= 0.6 is 0 Å². The van der Waals surface area contributed by atoms with Crippen LogP contribution in [0.15, 0.2) is 45.6 Å². The van der Waals surface area contributed by atoms with Crippen LogP contribution in [0.25, 0.3) is 10.8 Å². The Bertz CT molecular complexity index is 1670. The van der Waals surface area contributed by atoms with Crippen LogP contribution < -0.4 is 20.3 Å². The van der Waals surface area contributed by atoms with Gasteiger partial charge in [-0.25, -0.2) is 9.89 Å². The molecule has 10 heteroatoms. The summed E-state index contributed by atoms with van der Waals surface area (Å²) in [7, 11) is 4.24. The number of piperidine rings is 1. The normalized spacial score (nSPS) is 19.6. The van der Waals surface area contributed by atoms with Gasteiger partial charge in [0.1, 0.15) is 5.82 Å². The molecule has 4 aromatic rings. The first-order valence-corrected chi connectivity index (χ1v) is 15.6. The van der Waals surface area contributed by atoms with Crippen molar-refractivity contribution >= 4 is 22.3 Å². The highest BCUT2D eigenvalue weighted by atomic mass is 16.5. The fourth-order valence-corrected chi connectivity index (χ4v) is 7.08. The molecule has 226 valence electrons. The third-order valence-electron chi connectivity index (χ3n) is 9.35. The monoisotopic (exact) mass is 583 g/mol. The second-order valence-corrected chi connectivity index (χ2v) is 12.8. The standard InChI is InChI=1S/C33H41N7O3/c1-4-22-8-5-9-23-10-6-12-27(28(22)23)39-17-13-25-26(19-39)34-31(42-21-33(14-15-33)20-38(2)3)35-29(25)40-16-7-11-24(18-40)30-36-37-32(41)43-30/h5-6,8-10,12,24H,4,7,11,13-21H2,1-3H3,(H,37,41). The van der Waals surface area contributed by atoms with Gasteiger partial charge in [0.05, 0.1) is 24.8 Å². The zero-order valence-electron chi connectivity index (χ0n) is 25.4. The van der Waals surface area contributed by atoms with E-state index in [9.17, 15) is 4.79 Å². The molecule has 2 aromatic carbocycles. The lowest BCUT2D eigenvalue weighted by atomic mass is 9.96. The molecule has 3 aliphatic rings. The zero-order valence-corrected chi connectivity index (χ0v) is 25.4. The van der Waals surface area contributed by atoms with Gasteiger partial charge in [0.15, 0.2) is 0 Å². The van der Waals surface area contributed by atoms with Crippen molar-refractivity contribution in [3.63, 3.8) is 0 Å². The van der Waals surface area contributed by atoms with Crippen LogP contribution in [0.5, 0.6) is 6.01 Å². The van der Waals surface area contributed by atoms with Crippen molar-refractivity contribution in [1.29, 1.82) is 0 Å². The largest absolute Gasteiger partial charge is 0.463 e. The Morgan fingerprint density at radius 2 is 1.95 bits per heavy atom. The molecule has 0 amide bonds. The Morgan fingerprint density at radius 1 is 1.12 bits per heavy atom. The minimum absolute atomic E-state index is 0.0285. The first-order chi connectivity index (χ1) is 20.9. The number of H-pyrrole nitrogens is 1. The van der Waals surface area contributed by atoms with E-state index in [0.29, 0.717) is 31.6 Å². The molecular weight excluding hydrogens is 542 g/mol. The molecule has 4 heterocycles. The number of hydrogen-bond acceptors (Lipinski definition) is 9. The number of hydrogen-bond donors (Lipinski definition) is 1. The molecule has 0 radical (unpaired) electrons. The van der Waals surface area contributed by atoms with Crippen LogP contribution in [0.1, 0.15) is 61.2 Å². The van der Waals surface area contributed by atoms with Crippen molar-refractivity contribution in [2.75, 3.05) is 56.7 Å².